The maximum absolute atomic E-state index is 9.09. The fourth-order valence-electron chi connectivity index (χ4n) is 3.91. The molecule has 0 bridgehead atoms. The third-order valence-corrected chi connectivity index (χ3v) is 6.51. The molecule has 0 saturated heterocycles. The molecule has 0 spiro atoms. The molecule has 162 valence electrons. The van der Waals surface area contributed by atoms with Crippen molar-refractivity contribution in [3.63, 3.8) is 0 Å². The maximum atomic E-state index is 9.09. The minimum absolute atomic E-state index is 0.354. The molecule has 0 saturated carbocycles. The zero-order valence-electron chi connectivity index (χ0n) is 19.7. The number of fused-ring (bicyclic) bond motifs is 6. The van der Waals surface area contributed by atoms with Gasteiger partial charge in [0.2, 0.25) is 0 Å². The molecule has 1 nitrogen and oxygen atoms in total. The quantitative estimate of drug-likeness (QED) is 0.284. The van der Waals surface area contributed by atoms with Crippen LogP contribution in [0.5, 0.6) is 0 Å². The van der Waals surface area contributed by atoms with Crippen LogP contribution >= 0.6 is 0 Å². The number of rotatable bonds is 2. The molecule has 1 heteroatoms. The molecule has 5 aromatic carbocycles. The highest BCUT2D eigenvalue weighted by molar-refractivity contribution is 6.25. The molecule has 5 rings (SSSR count). The Labute approximate surface area is 191 Å². The topological polar surface area (TPSA) is 20.2 Å². The standard InChI is InChI=1S/C25H18.C6H14O/c1-17-7-6-8-18(15-17)19-13-14-24-22-11-3-2-9-20(22)21-10-4-5-12-23(21)25(24)16-19;1-5(2)6(3,4)7/h2-16H,1H3;5,7H,1-4H3. The summed E-state index contributed by atoms with van der Waals surface area (Å²) in [6.07, 6.45) is 0. The first-order valence-electron chi connectivity index (χ1n) is 11.4. The van der Waals surface area contributed by atoms with E-state index < -0.39 is 5.60 Å². The zero-order chi connectivity index (χ0) is 22.9. The summed E-state index contributed by atoms with van der Waals surface area (Å²) in [7, 11) is 0. The molecule has 0 heterocycles. The fraction of sp³-hybridized carbons (Fsp3) is 0.226. The van der Waals surface area contributed by atoms with Crippen LogP contribution < -0.4 is 0 Å². The molecule has 0 aliphatic carbocycles. The summed E-state index contributed by atoms with van der Waals surface area (Å²) in [5, 5.41) is 17.1. The number of aryl methyl sites for hydroxylation is 1. The lowest BCUT2D eigenvalue weighted by Crippen LogP contribution is -2.25. The van der Waals surface area contributed by atoms with Gasteiger partial charge >= 0.3 is 0 Å². The second kappa shape index (κ2) is 8.76. The predicted octanol–water partition coefficient (Wildman–Crippen LogP) is 8.53. The first kappa shape index (κ1) is 22.0. The van der Waals surface area contributed by atoms with Crippen molar-refractivity contribution in [2.45, 2.75) is 40.2 Å². The number of benzene rings is 5. The Bertz CT molecular complexity index is 1350. The highest BCUT2D eigenvalue weighted by Gasteiger charge is 2.16. The van der Waals surface area contributed by atoms with E-state index >= 15 is 0 Å². The van der Waals surface area contributed by atoms with Gasteiger partial charge in [0, 0.05) is 0 Å². The molecule has 0 atom stereocenters. The van der Waals surface area contributed by atoms with Crippen LogP contribution in [-0.4, -0.2) is 10.7 Å². The van der Waals surface area contributed by atoms with Gasteiger partial charge in [-0.25, -0.2) is 0 Å². The third-order valence-electron chi connectivity index (χ3n) is 6.51. The molecule has 0 unspecified atom stereocenters. The van der Waals surface area contributed by atoms with Crippen LogP contribution in [0.2, 0.25) is 0 Å². The molecular formula is C31H32O. The van der Waals surface area contributed by atoms with Crippen LogP contribution in [0.3, 0.4) is 0 Å². The lowest BCUT2D eigenvalue weighted by atomic mass is 9.92. The minimum atomic E-state index is -0.500. The van der Waals surface area contributed by atoms with Crippen molar-refractivity contribution in [2.75, 3.05) is 0 Å². The van der Waals surface area contributed by atoms with Gasteiger partial charge in [0.25, 0.3) is 0 Å². The van der Waals surface area contributed by atoms with Gasteiger partial charge in [0.1, 0.15) is 0 Å². The Kier molecular flexibility index (Phi) is 6.04. The third kappa shape index (κ3) is 4.40. The Morgan fingerprint density at radius 2 is 1.00 bits per heavy atom. The average Bonchev–Trinajstić information content (AvgIpc) is 2.79. The lowest BCUT2D eigenvalue weighted by Gasteiger charge is -2.21. The smallest absolute Gasteiger partial charge is 0.0614 e. The molecular weight excluding hydrogens is 388 g/mol. The van der Waals surface area contributed by atoms with E-state index in [2.05, 4.69) is 97.9 Å². The van der Waals surface area contributed by atoms with Gasteiger partial charge < -0.3 is 5.11 Å². The van der Waals surface area contributed by atoms with Crippen molar-refractivity contribution in [3.05, 3.63) is 96.6 Å². The van der Waals surface area contributed by atoms with Gasteiger partial charge in [-0.3, -0.25) is 0 Å². The summed E-state index contributed by atoms with van der Waals surface area (Å²) in [5.41, 5.74) is 3.34. The van der Waals surface area contributed by atoms with E-state index in [0.717, 1.165) is 0 Å². The van der Waals surface area contributed by atoms with Gasteiger partial charge in [0.15, 0.2) is 0 Å². The second-order valence-electron chi connectivity index (χ2n) is 9.53. The Hall–Kier alpha value is -3.16. The van der Waals surface area contributed by atoms with Crippen LogP contribution in [-0.2, 0) is 0 Å². The summed E-state index contributed by atoms with van der Waals surface area (Å²) in [5.74, 6) is 0.354. The van der Waals surface area contributed by atoms with E-state index in [-0.39, 0.29) is 0 Å². The van der Waals surface area contributed by atoms with Gasteiger partial charge in [-0.05, 0) is 76.2 Å². The van der Waals surface area contributed by atoms with Crippen molar-refractivity contribution >= 4 is 32.3 Å². The van der Waals surface area contributed by atoms with E-state index in [4.69, 9.17) is 5.11 Å². The molecule has 32 heavy (non-hydrogen) atoms. The molecule has 0 aromatic heterocycles. The molecule has 0 amide bonds. The SMILES string of the molecule is CC(C)C(C)(C)O.Cc1cccc(-c2ccc3c4ccccc4c4ccccc4c3c2)c1. The molecule has 1 N–H and O–H groups in total. The normalized spacial score (nSPS) is 11.7. The second-order valence-corrected chi connectivity index (χ2v) is 9.53. The van der Waals surface area contributed by atoms with E-state index in [1.165, 1.54) is 49.0 Å². The average molecular weight is 421 g/mol. The van der Waals surface area contributed by atoms with Crippen LogP contribution in [0.15, 0.2) is 91.0 Å². The van der Waals surface area contributed by atoms with Crippen molar-refractivity contribution < 1.29 is 5.11 Å². The molecule has 0 aliphatic rings. The lowest BCUT2D eigenvalue weighted by molar-refractivity contribution is 0.0327. The van der Waals surface area contributed by atoms with E-state index in [9.17, 15) is 0 Å². The van der Waals surface area contributed by atoms with E-state index in [1.54, 1.807) is 0 Å². The van der Waals surface area contributed by atoms with Gasteiger partial charge in [0.05, 0.1) is 5.60 Å². The monoisotopic (exact) mass is 420 g/mol. The van der Waals surface area contributed by atoms with E-state index in [1.807, 2.05) is 27.7 Å². The Balaban J connectivity index is 0.000000307. The zero-order valence-corrected chi connectivity index (χ0v) is 19.7. The summed E-state index contributed by atoms with van der Waals surface area (Å²) < 4.78 is 0. The number of hydrogen-bond acceptors (Lipinski definition) is 1. The largest absolute Gasteiger partial charge is 0.390 e. The van der Waals surface area contributed by atoms with Crippen LogP contribution in [0.25, 0.3) is 43.4 Å². The van der Waals surface area contributed by atoms with Crippen molar-refractivity contribution in [1.82, 2.24) is 0 Å². The van der Waals surface area contributed by atoms with Crippen molar-refractivity contribution in [1.29, 1.82) is 0 Å². The van der Waals surface area contributed by atoms with Gasteiger partial charge in [-0.1, -0.05) is 104 Å². The highest BCUT2D eigenvalue weighted by Crippen LogP contribution is 2.36. The summed E-state index contributed by atoms with van der Waals surface area (Å²) in [6, 6.07) is 33.1. The van der Waals surface area contributed by atoms with E-state index in [0.29, 0.717) is 5.92 Å². The molecule has 0 fully saturated rings. The predicted molar refractivity (Wildman–Crippen MR) is 140 cm³/mol. The number of aliphatic hydroxyl groups is 1. The Morgan fingerprint density at radius 1 is 0.562 bits per heavy atom. The minimum Gasteiger partial charge on any atom is -0.390 e. The van der Waals surface area contributed by atoms with Crippen LogP contribution in [0.4, 0.5) is 0 Å². The van der Waals surface area contributed by atoms with Gasteiger partial charge in [-0.15, -0.1) is 0 Å². The summed E-state index contributed by atoms with van der Waals surface area (Å²) in [4.78, 5) is 0. The molecule has 0 aliphatic heterocycles. The first-order valence-corrected chi connectivity index (χ1v) is 11.4. The molecule has 5 aromatic rings. The summed E-state index contributed by atoms with van der Waals surface area (Å²) >= 11 is 0. The van der Waals surface area contributed by atoms with Crippen molar-refractivity contribution in [2.24, 2.45) is 5.92 Å². The Morgan fingerprint density at radius 3 is 1.47 bits per heavy atom. The number of hydrogen-bond donors (Lipinski definition) is 1. The van der Waals surface area contributed by atoms with Crippen LogP contribution in [0.1, 0.15) is 33.3 Å². The first-order chi connectivity index (χ1) is 15.3. The highest BCUT2D eigenvalue weighted by atomic mass is 16.3. The fourth-order valence-corrected chi connectivity index (χ4v) is 3.91. The molecule has 0 radical (unpaired) electrons. The maximum Gasteiger partial charge on any atom is 0.0614 e. The van der Waals surface area contributed by atoms with Crippen LogP contribution in [0, 0.1) is 12.8 Å². The summed E-state index contributed by atoms with van der Waals surface area (Å²) in [6.45, 7) is 9.78. The van der Waals surface area contributed by atoms with Crippen molar-refractivity contribution in [3.8, 4) is 11.1 Å². The van der Waals surface area contributed by atoms with Gasteiger partial charge in [-0.2, -0.15) is 0 Å².